The fourth-order valence-electron chi connectivity index (χ4n) is 2.27. The minimum atomic E-state index is -0.628. The van der Waals surface area contributed by atoms with Gasteiger partial charge in [-0.1, -0.05) is 35.7 Å². The number of nitrogens with one attached hydrogen (secondary N) is 2. The Balaban J connectivity index is 2.38. The molecular weight excluding hydrogens is 367 g/mol. The molecule has 0 aliphatic carbocycles. The fraction of sp³-hybridized carbons (Fsp3) is 0.375. The zero-order chi connectivity index (χ0) is 17.0. The number of benzene rings is 1. The molecule has 0 fully saturated rings. The van der Waals surface area contributed by atoms with Crippen molar-refractivity contribution in [2.24, 2.45) is 0 Å². The predicted octanol–water partition coefficient (Wildman–Crippen LogP) is 3.99. The molecule has 0 bridgehead atoms. The van der Waals surface area contributed by atoms with Crippen LogP contribution in [-0.2, 0) is 9.53 Å². The predicted molar refractivity (Wildman–Crippen MR) is 90.5 cm³/mol. The number of ether oxygens (including phenoxy) is 1. The van der Waals surface area contributed by atoms with Gasteiger partial charge in [-0.25, -0.2) is 9.18 Å². The Morgan fingerprint density at radius 3 is 2.83 bits per heavy atom. The van der Waals surface area contributed by atoms with E-state index in [1.54, 1.807) is 0 Å². The van der Waals surface area contributed by atoms with E-state index < -0.39 is 11.8 Å². The maximum Gasteiger partial charge on any atom is 0.356 e. The second-order valence-corrected chi connectivity index (χ2v) is 6.26. The Hall–Kier alpha value is -1.89. The molecule has 2 aromatic rings. The molecule has 0 aliphatic rings. The van der Waals surface area contributed by atoms with Crippen molar-refractivity contribution in [2.45, 2.75) is 31.0 Å². The van der Waals surface area contributed by atoms with Gasteiger partial charge in [-0.05, 0) is 24.6 Å². The highest BCUT2D eigenvalue weighted by atomic mass is 79.9. The number of fused-ring (bicyclic) bond motifs is 1. The maximum atomic E-state index is 13.5. The van der Waals surface area contributed by atoms with Crippen LogP contribution in [0.15, 0.2) is 18.2 Å². The number of aromatic amines is 1. The van der Waals surface area contributed by atoms with E-state index in [9.17, 15) is 14.0 Å². The van der Waals surface area contributed by atoms with E-state index in [1.807, 2.05) is 6.92 Å². The van der Waals surface area contributed by atoms with Gasteiger partial charge in [-0.2, -0.15) is 0 Å². The molecule has 124 valence electrons. The third-order valence-electron chi connectivity index (χ3n) is 3.49. The van der Waals surface area contributed by atoms with Crippen LogP contribution in [0.3, 0.4) is 0 Å². The Kier molecular flexibility index (Phi) is 5.76. The Labute approximate surface area is 141 Å². The van der Waals surface area contributed by atoms with Gasteiger partial charge in [0.2, 0.25) is 5.91 Å². The molecule has 0 aliphatic heterocycles. The summed E-state index contributed by atoms with van der Waals surface area (Å²) in [5, 5.41) is 3.13. The molecule has 1 heterocycles. The minimum absolute atomic E-state index is 0.0941. The van der Waals surface area contributed by atoms with Crippen molar-refractivity contribution in [3.63, 3.8) is 0 Å². The van der Waals surface area contributed by atoms with Gasteiger partial charge in [-0.15, -0.1) is 0 Å². The molecule has 1 amide bonds. The molecule has 1 unspecified atom stereocenters. The first-order valence-corrected chi connectivity index (χ1v) is 8.24. The summed E-state index contributed by atoms with van der Waals surface area (Å²) in [6.45, 7) is 2.04. The number of unbranched alkanes of at least 4 members (excludes halogenated alkanes) is 1. The number of halogens is 2. The summed E-state index contributed by atoms with van der Waals surface area (Å²) in [6.07, 6.45) is 2.55. The SMILES string of the molecule is CCCCC(Br)C(=O)Nc1c(C(=O)OC)[nH]c2ccc(F)cc12. The van der Waals surface area contributed by atoms with Crippen LogP contribution < -0.4 is 5.32 Å². The van der Waals surface area contributed by atoms with Crippen LogP contribution in [0.25, 0.3) is 10.9 Å². The van der Waals surface area contributed by atoms with Gasteiger partial charge < -0.3 is 15.0 Å². The number of carbonyl (C=O) groups is 2. The second-order valence-electron chi connectivity index (χ2n) is 5.16. The Morgan fingerprint density at radius 1 is 1.43 bits per heavy atom. The summed E-state index contributed by atoms with van der Waals surface area (Å²) < 4.78 is 18.2. The van der Waals surface area contributed by atoms with E-state index in [1.165, 1.54) is 25.3 Å². The number of rotatable bonds is 6. The number of H-pyrrole nitrogens is 1. The number of amides is 1. The number of hydrogen-bond donors (Lipinski definition) is 2. The number of methoxy groups -OCH3 is 1. The molecule has 23 heavy (non-hydrogen) atoms. The molecule has 5 nitrogen and oxygen atoms in total. The third-order valence-corrected chi connectivity index (χ3v) is 4.37. The molecule has 0 radical (unpaired) electrons. The quantitative estimate of drug-likeness (QED) is 0.584. The lowest BCUT2D eigenvalue weighted by molar-refractivity contribution is -0.115. The topological polar surface area (TPSA) is 71.2 Å². The third kappa shape index (κ3) is 3.90. The molecule has 2 N–H and O–H groups in total. The highest BCUT2D eigenvalue weighted by Crippen LogP contribution is 2.30. The lowest BCUT2D eigenvalue weighted by Crippen LogP contribution is -2.23. The molecule has 2 rings (SSSR count). The van der Waals surface area contributed by atoms with Crippen molar-refractivity contribution in [1.29, 1.82) is 0 Å². The van der Waals surface area contributed by atoms with Crippen LogP contribution in [-0.4, -0.2) is 28.8 Å². The molecular formula is C16H18BrFN2O3. The van der Waals surface area contributed by atoms with Crippen LogP contribution in [0.5, 0.6) is 0 Å². The van der Waals surface area contributed by atoms with Crippen molar-refractivity contribution in [3.8, 4) is 0 Å². The first kappa shape index (κ1) is 17.5. The van der Waals surface area contributed by atoms with Gasteiger partial charge in [-0.3, -0.25) is 4.79 Å². The monoisotopic (exact) mass is 384 g/mol. The van der Waals surface area contributed by atoms with Gasteiger partial charge in [0, 0.05) is 10.9 Å². The summed E-state index contributed by atoms with van der Waals surface area (Å²) >= 11 is 3.33. The first-order chi connectivity index (χ1) is 11.0. The Morgan fingerprint density at radius 2 is 2.17 bits per heavy atom. The Bertz CT molecular complexity index is 729. The average molecular weight is 385 g/mol. The lowest BCUT2D eigenvalue weighted by Gasteiger charge is -2.11. The summed E-state index contributed by atoms with van der Waals surface area (Å²) in [4.78, 5) is 26.7. The van der Waals surface area contributed by atoms with E-state index in [4.69, 9.17) is 4.74 Å². The van der Waals surface area contributed by atoms with Crippen molar-refractivity contribution in [1.82, 2.24) is 4.98 Å². The van der Waals surface area contributed by atoms with E-state index in [0.29, 0.717) is 17.3 Å². The van der Waals surface area contributed by atoms with E-state index in [2.05, 4.69) is 26.2 Å². The van der Waals surface area contributed by atoms with Crippen LogP contribution in [0, 0.1) is 5.82 Å². The minimum Gasteiger partial charge on any atom is -0.464 e. The first-order valence-electron chi connectivity index (χ1n) is 7.32. The van der Waals surface area contributed by atoms with Crippen molar-refractivity contribution >= 4 is 44.4 Å². The summed E-state index contributed by atoms with van der Waals surface area (Å²) in [6, 6.07) is 4.05. The summed E-state index contributed by atoms with van der Waals surface area (Å²) in [5.74, 6) is -1.37. The lowest BCUT2D eigenvalue weighted by atomic mass is 10.1. The van der Waals surface area contributed by atoms with Crippen LogP contribution in [0.4, 0.5) is 10.1 Å². The summed E-state index contributed by atoms with van der Waals surface area (Å²) in [7, 11) is 1.24. The largest absolute Gasteiger partial charge is 0.464 e. The normalized spacial score (nSPS) is 12.2. The highest BCUT2D eigenvalue weighted by molar-refractivity contribution is 9.10. The van der Waals surface area contributed by atoms with Crippen LogP contribution in [0.1, 0.15) is 36.7 Å². The summed E-state index contributed by atoms with van der Waals surface area (Å²) in [5.41, 5.74) is 0.871. The van der Waals surface area contributed by atoms with Gasteiger partial charge in [0.1, 0.15) is 11.5 Å². The van der Waals surface area contributed by atoms with Gasteiger partial charge in [0.05, 0.1) is 17.6 Å². The number of esters is 1. The molecule has 1 atom stereocenters. The van der Waals surface area contributed by atoms with E-state index in [-0.39, 0.29) is 22.1 Å². The van der Waals surface area contributed by atoms with Crippen LogP contribution in [0.2, 0.25) is 0 Å². The van der Waals surface area contributed by atoms with E-state index in [0.717, 1.165) is 12.8 Å². The van der Waals surface area contributed by atoms with Crippen molar-refractivity contribution in [3.05, 3.63) is 29.7 Å². The standard InChI is InChI=1S/C16H18BrFN2O3/c1-3-4-5-11(17)15(21)20-13-10-8-9(18)6-7-12(10)19-14(13)16(22)23-2/h6-8,11,19H,3-5H2,1-2H3,(H,20,21). The number of alkyl halides is 1. The molecule has 7 heteroatoms. The van der Waals surface area contributed by atoms with Crippen molar-refractivity contribution in [2.75, 3.05) is 12.4 Å². The van der Waals surface area contributed by atoms with Crippen molar-refractivity contribution < 1.29 is 18.7 Å². The number of carbonyl (C=O) groups excluding carboxylic acids is 2. The fourth-order valence-corrected chi connectivity index (χ4v) is 2.70. The molecule has 1 aromatic heterocycles. The van der Waals surface area contributed by atoms with Gasteiger partial charge >= 0.3 is 5.97 Å². The highest BCUT2D eigenvalue weighted by Gasteiger charge is 2.23. The smallest absolute Gasteiger partial charge is 0.356 e. The van der Waals surface area contributed by atoms with Crippen LogP contribution >= 0.6 is 15.9 Å². The zero-order valence-electron chi connectivity index (χ0n) is 12.9. The molecule has 0 saturated heterocycles. The molecule has 1 aromatic carbocycles. The number of aromatic nitrogens is 1. The zero-order valence-corrected chi connectivity index (χ0v) is 14.5. The van der Waals surface area contributed by atoms with Gasteiger partial charge in [0.15, 0.2) is 0 Å². The van der Waals surface area contributed by atoms with E-state index >= 15 is 0 Å². The molecule has 0 saturated carbocycles. The number of anilines is 1. The second kappa shape index (κ2) is 7.59. The van der Waals surface area contributed by atoms with Gasteiger partial charge in [0.25, 0.3) is 0 Å². The maximum absolute atomic E-state index is 13.5. The average Bonchev–Trinajstić information content (AvgIpc) is 2.89. The number of hydrogen-bond acceptors (Lipinski definition) is 3. The molecule has 0 spiro atoms.